The van der Waals surface area contributed by atoms with Crippen molar-refractivity contribution in [1.82, 2.24) is 35.4 Å². The van der Waals surface area contributed by atoms with Gasteiger partial charge in [0.1, 0.15) is 11.7 Å². The zero-order chi connectivity index (χ0) is 39.5. The van der Waals surface area contributed by atoms with Crippen molar-refractivity contribution < 1.29 is 28.8 Å². The fourth-order valence-corrected chi connectivity index (χ4v) is 8.94. The van der Waals surface area contributed by atoms with Gasteiger partial charge in [0.25, 0.3) is 11.8 Å². The van der Waals surface area contributed by atoms with Crippen molar-refractivity contribution in [3.63, 3.8) is 0 Å². The Morgan fingerprint density at radius 2 is 1.74 bits per heavy atom. The van der Waals surface area contributed by atoms with Crippen molar-refractivity contribution in [3.8, 4) is 0 Å². The fraction of sp³-hybridized carbons (Fsp3) is 0.462. The Morgan fingerprint density at radius 3 is 2.53 bits per heavy atom. The zero-order valence-electron chi connectivity index (χ0n) is 31.4. The Morgan fingerprint density at radius 1 is 0.930 bits per heavy atom. The quantitative estimate of drug-likeness (QED) is 0.195. The van der Waals surface area contributed by atoms with Gasteiger partial charge in [-0.25, -0.2) is 0 Å². The van der Waals surface area contributed by atoms with Crippen LogP contribution >= 0.6 is 11.8 Å². The van der Waals surface area contributed by atoms with Crippen molar-refractivity contribution >= 4 is 69.4 Å². The average Bonchev–Trinajstić information content (AvgIpc) is 3.92. The topological polar surface area (TPSA) is 203 Å². The van der Waals surface area contributed by atoms with E-state index in [2.05, 4.69) is 36.5 Å². The van der Waals surface area contributed by atoms with Gasteiger partial charge >= 0.3 is 0 Å². The molecule has 1 aliphatic carbocycles. The second kappa shape index (κ2) is 16.8. The Bertz CT molecular complexity index is 2100. The average molecular weight is 796 g/mol. The molecule has 17 nitrogen and oxygen atoms in total. The number of hydrogen-bond acceptors (Lipinski definition) is 13. The second-order valence-corrected chi connectivity index (χ2v) is 15.9. The van der Waals surface area contributed by atoms with E-state index in [-0.39, 0.29) is 48.7 Å². The summed E-state index contributed by atoms with van der Waals surface area (Å²) in [6.07, 6.45) is 7.46. The molecule has 0 bridgehead atoms. The first-order valence-corrected chi connectivity index (χ1v) is 20.6. The molecule has 5 heterocycles. The third kappa shape index (κ3) is 8.50. The van der Waals surface area contributed by atoms with Crippen LogP contribution in [0.25, 0.3) is 0 Å². The lowest BCUT2D eigenvalue weighted by molar-refractivity contribution is -0.136. The molecular weight excluding hydrogens is 751 g/mol. The fourth-order valence-electron chi connectivity index (χ4n) is 8.05. The number of carbonyl (C=O) groups excluding carboxylic acids is 6. The van der Waals surface area contributed by atoms with Gasteiger partial charge in [0.05, 0.1) is 41.7 Å². The number of fused-ring (bicyclic) bond motifs is 2. The lowest BCUT2D eigenvalue weighted by Crippen LogP contribution is -2.54. The maximum absolute atomic E-state index is 13.4. The summed E-state index contributed by atoms with van der Waals surface area (Å²) >= 11 is 1.53. The van der Waals surface area contributed by atoms with Crippen LogP contribution in [0.5, 0.6) is 0 Å². The maximum atomic E-state index is 13.4. The number of aromatic nitrogens is 3. The molecule has 0 radical (unpaired) electrons. The molecule has 2 aromatic carbocycles. The number of carbonyl (C=O) groups is 6. The normalized spacial score (nSPS) is 21.8. The van der Waals surface area contributed by atoms with E-state index in [1.807, 2.05) is 29.2 Å². The molecule has 298 valence electrons. The number of hydrogen-bond donors (Lipinski definition) is 4. The summed E-state index contributed by atoms with van der Waals surface area (Å²) in [6.45, 7) is 3.50. The molecule has 0 spiro atoms. The van der Waals surface area contributed by atoms with Crippen molar-refractivity contribution in [2.45, 2.75) is 82.6 Å². The Labute approximate surface area is 333 Å². The lowest BCUT2D eigenvalue weighted by atomic mass is 9.92. The molecule has 18 heteroatoms. The number of thioether (sulfide) groups is 1. The van der Waals surface area contributed by atoms with Crippen molar-refractivity contribution in [2.24, 2.45) is 4.99 Å². The molecule has 6 amide bonds. The molecule has 4 N–H and O–H groups in total. The van der Waals surface area contributed by atoms with E-state index in [4.69, 9.17) is 4.99 Å². The van der Waals surface area contributed by atoms with Gasteiger partial charge in [0.15, 0.2) is 5.17 Å². The number of rotatable bonds is 12. The summed E-state index contributed by atoms with van der Waals surface area (Å²) in [5.74, 6) is -1.83. The van der Waals surface area contributed by atoms with Crippen LogP contribution in [0.1, 0.15) is 77.8 Å². The molecule has 3 aromatic rings. The maximum Gasteiger partial charge on any atom is 0.264 e. The van der Waals surface area contributed by atoms with Crippen LogP contribution < -0.4 is 26.2 Å². The Kier molecular flexibility index (Phi) is 11.2. The van der Waals surface area contributed by atoms with Gasteiger partial charge < -0.3 is 25.8 Å². The van der Waals surface area contributed by atoms with Crippen LogP contribution in [-0.4, -0.2) is 115 Å². The predicted octanol–water partition coefficient (Wildman–Crippen LogP) is 2.36. The van der Waals surface area contributed by atoms with Crippen LogP contribution in [0, 0.1) is 0 Å². The number of aryl methyl sites for hydroxylation is 1. The second-order valence-electron chi connectivity index (χ2n) is 14.9. The van der Waals surface area contributed by atoms with E-state index in [0.29, 0.717) is 61.0 Å². The smallest absolute Gasteiger partial charge is 0.264 e. The molecular formula is C39H45N11O6S. The molecule has 1 saturated carbocycles. The van der Waals surface area contributed by atoms with E-state index < -0.39 is 29.7 Å². The third-order valence-corrected chi connectivity index (χ3v) is 12.0. The number of piperazine rings is 1. The molecule has 8 rings (SSSR count). The minimum absolute atomic E-state index is 0.0459. The first-order valence-electron chi connectivity index (χ1n) is 19.6. The third-order valence-electron chi connectivity index (χ3n) is 11.1. The SMILES string of the molecule is O=C1CCC(N2C(=O)c3cccc(NCc4cn(CCCC(=O)Nc5ccc(N6CCN(C(=O)CSC7=N[C@@H]8CCCC[C@H]8N7)CC6)cc5)nn4)c3C2=O)C(=O)N1. The van der Waals surface area contributed by atoms with Crippen LogP contribution in [0.3, 0.4) is 0 Å². The lowest BCUT2D eigenvalue weighted by Gasteiger charge is -2.36. The minimum Gasteiger partial charge on any atom is -0.379 e. The minimum atomic E-state index is -1.04. The van der Waals surface area contributed by atoms with E-state index in [1.165, 1.54) is 30.7 Å². The van der Waals surface area contributed by atoms with Gasteiger partial charge in [-0.15, -0.1) is 5.10 Å². The largest absolute Gasteiger partial charge is 0.379 e. The molecule has 2 saturated heterocycles. The van der Waals surface area contributed by atoms with Gasteiger partial charge in [0.2, 0.25) is 23.6 Å². The Hall–Kier alpha value is -5.78. The van der Waals surface area contributed by atoms with Crippen LogP contribution in [0.4, 0.5) is 17.1 Å². The first-order chi connectivity index (χ1) is 27.7. The van der Waals surface area contributed by atoms with Crippen molar-refractivity contribution in [2.75, 3.05) is 47.5 Å². The highest BCUT2D eigenvalue weighted by molar-refractivity contribution is 8.14. The molecule has 3 fully saturated rings. The number of amides is 6. The number of nitrogens with zero attached hydrogens (tertiary/aromatic N) is 7. The predicted molar refractivity (Wildman–Crippen MR) is 213 cm³/mol. The highest BCUT2D eigenvalue weighted by Gasteiger charge is 2.45. The van der Waals surface area contributed by atoms with Crippen molar-refractivity contribution in [3.05, 3.63) is 65.5 Å². The first kappa shape index (κ1) is 38.1. The summed E-state index contributed by atoms with van der Waals surface area (Å²) in [7, 11) is 0. The highest BCUT2D eigenvalue weighted by Crippen LogP contribution is 2.33. The summed E-state index contributed by atoms with van der Waals surface area (Å²) in [4.78, 5) is 86.1. The standard InChI is InChI=1S/C39H45N11O6S/c51-32(41-24-10-12-26(13-11-24)47-17-19-48(20-18-47)34(53)23-57-39-42-28-6-1-2-7-29(28)43-39)9-4-16-49-22-25(45-46-49)21-40-30-8-3-5-27-35(30)38(56)50(37(27)55)31-14-15-33(52)44-36(31)54/h3,5,8,10-13,22,28-29,31,40H,1-2,4,6-7,9,14-21,23H2,(H,41,51)(H,42,43)(H,44,52,54)/t28-,29-,31?/m1/s1. The summed E-state index contributed by atoms with van der Waals surface area (Å²) < 4.78 is 1.65. The number of piperidine rings is 1. The zero-order valence-corrected chi connectivity index (χ0v) is 32.3. The number of imide groups is 2. The number of aliphatic imine (C=N–C) groups is 1. The molecule has 1 aromatic heterocycles. The molecule has 3 atom stereocenters. The van der Waals surface area contributed by atoms with Crippen molar-refractivity contribution in [1.29, 1.82) is 0 Å². The monoisotopic (exact) mass is 795 g/mol. The molecule has 4 aliphatic heterocycles. The molecule has 5 aliphatic rings. The van der Waals surface area contributed by atoms with E-state index in [1.54, 1.807) is 23.0 Å². The van der Waals surface area contributed by atoms with Crippen LogP contribution in [0.2, 0.25) is 0 Å². The van der Waals surface area contributed by atoms with E-state index in [9.17, 15) is 28.8 Å². The molecule has 1 unspecified atom stereocenters. The van der Waals surface area contributed by atoms with Gasteiger partial charge in [-0.1, -0.05) is 35.9 Å². The van der Waals surface area contributed by atoms with E-state index in [0.717, 1.165) is 41.7 Å². The summed E-state index contributed by atoms with van der Waals surface area (Å²) in [6, 6.07) is 12.4. The summed E-state index contributed by atoms with van der Waals surface area (Å²) in [5, 5.41) is 21.1. The number of anilines is 3. The van der Waals surface area contributed by atoms with Gasteiger partial charge in [-0.2, -0.15) is 0 Å². The van der Waals surface area contributed by atoms with Gasteiger partial charge in [0, 0.05) is 62.6 Å². The number of nitrogens with one attached hydrogen (secondary N) is 4. The van der Waals surface area contributed by atoms with Gasteiger partial charge in [-0.3, -0.25) is 48.7 Å². The number of benzene rings is 2. The summed E-state index contributed by atoms with van der Waals surface area (Å²) in [5.41, 5.74) is 3.12. The van der Waals surface area contributed by atoms with Crippen LogP contribution in [0.15, 0.2) is 53.7 Å². The highest BCUT2D eigenvalue weighted by atomic mass is 32.2. The number of amidine groups is 1. The van der Waals surface area contributed by atoms with Crippen LogP contribution in [-0.2, 0) is 32.3 Å². The van der Waals surface area contributed by atoms with E-state index >= 15 is 0 Å². The van der Waals surface area contributed by atoms with Gasteiger partial charge in [-0.05, 0) is 62.1 Å². The Balaban J connectivity index is 0.743. The molecule has 57 heavy (non-hydrogen) atoms.